The summed E-state index contributed by atoms with van der Waals surface area (Å²) < 4.78 is 5.58. The van der Waals surface area contributed by atoms with Gasteiger partial charge in [-0.1, -0.05) is 35.9 Å². The summed E-state index contributed by atoms with van der Waals surface area (Å²) in [4.78, 5) is 12.0. The summed E-state index contributed by atoms with van der Waals surface area (Å²) in [5, 5.41) is 3.46. The van der Waals surface area contributed by atoms with Crippen molar-refractivity contribution in [1.82, 2.24) is 0 Å². The van der Waals surface area contributed by atoms with Crippen molar-refractivity contribution in [3.05, 3.63) is 58.6 Å². The van der Waals surface area contributed by atoms with E-state index in [1.807, 2.05) is 56.3 Å². The van der Waals surface area contributed by atoms with Gasteiger partial charge in [0, 0.05) is 5.75 Å². The van der Waals surface area contributed by atoms with Gasteiger partial charge in [0.05, 0.1) is 23.1 Å². The molecule has 1 amide bonds. The highest BCUT2D eigenvalue weighted by molar-refractivity contribution is 7.99. The van der Waals surface area contributed by atoms with E-state index in [0.717, 1.165) is 22.6 Å². The van der Waals surface area contributed by atoms with Gasteiger partial charge in [-0.3, -0.25) is 4.79 Å². The Hall–Kier alpha value is -1.65. The van der Waals surface area contributed by atoms with Crippen LogP contribution in [0, 0.1) is 13.8 Å². The summed E-state index contributed by atoms with van der Waals surface area (Å²) in [6.07, 6.45) is 0. The molecule has 0 spiro atoms. The third-order valence-corrected chi connectivity index (χ3v) is 4.39. The molecule has 23 heavy (non-hydrogen) atoms. The summed E-state index contributed by atoms with van der Waals surface area (Å²) in [7, 11) is 0. The molecule has 0 saturated heterocycles. The van der Waals surface area contributed by atoms with E-state index in [1.54, 1.807) is 0 Å². The van der Waals surface area contributed by atoms with Gasteiger partial charge in [-0.2, -0.15) is 0 Å². The number of para-hydroxylation sites is 1. The summed E-state index contributed by atoms with van der Waals surface area (Å²) in [6, 6.07) is 13.5. The quantitative estimate of drug-likeness (QED) is 0.736. The van der Waals surface area contributed by atoms with Crippen molar-refractivity contribution in [3.63, 3.8) is 0 Å². The first kappa shape index (κ1) is 17.7. The van der Waals surface area contributed by atoms with Crippen LogP contribution in [0.1, 0.15) is 11.1 Å². The van der Waals surface area contributed by atoms with E-state index >= 15 is 0 Å². The predicted molar refractivity (Wildman–Crippen MR) is 98.8 cm³/mol. The Bertz CT molecular complexity index is 638. The number of rotatable bonds is 7. The van der Waals surface area contributed by atoms with Gasteiger partial charge in [-0.25, -0.2) is 0 Å². The molecule has 0 aromatic heterocycles. The number of benzene rings is 2. The van der Waals surface area contributed by atoms with Gasteiger partial charge < -0.3 is 10.1 Å². The lowest BCUT2D eigenvalue weighted by atomic mass is 10.1. The molecular formula is C18H20ClNO2S. The van der Waals surface area contributed by atoms with Gasteiger partial charge in [-0.05, 0) is 43.2 Å². The van der Waals surface area contributed by atoms with Crippen LogP contribution in [-0.4, -0.2) is 24.0 Å². The van der Waals surface area contributed by atoms with Crippen molar-refractivity contribution in [2.24, 2.45) is 0 Å². The van der Waals surface area contributed by atoms with Crippen molar-refractivity contribution in [2.45, 2.75) is 13.8 Å². The van der Waals surface area contributed by atoms with Gasteiger partial charge in [0.15, 0.2) is 0 Å². The minimum Gasteiger partial charge on any atom is -0.493 e. The van der Waals surface area contributed by atoms with Gasteiger partial charge in [0.2, 0.25) is 5.91 Å². The normalized spacial score (nSPS) is 10.4. The minimum atomic E-state index is -0.0523. The maximum Gasteiger partial charge on any atom is 0.234 e. The first-order valence-corrected chi connectivity index (χ1v) is 8.91. The fraction of sp³-hybridized carbons (Fsp3) is 0.278. The van der Waals surface area contributed by atoms with Crippen molar-refractivity contribution >= 4 is 35.0 Å². The van der Waals surface area contributed by atoms with Gasteiger partial charge in [0.1, 0.15) is 5.75 Å². The third kappa shape index (κ3) is 5.81. The monoisotopic (exact) mass is 349 g/mol. The highest BCUT2D eigenvalue weighted by atomic mass is 35.5. The van der Waals surface area contributed by atoms with Gasteiger partial charge in [0.25, 0.3) is 0 Å². The first-order valence-electron chi connectivity index (χ1n) is 7.38. The smallest absolute Gasteiger partial charge is 0.234 e. The number of nitrogens with one attached hydrogen (secondary N) is 1. The average molecular weight is 350 g/mol. The number of carbonyl (C=O) groups is 1. The predicted octanol–water partition coefficient (Wildman–Crippen LogP) is 4.71. The Morgan fingerprint density at radius 1 is 1.22 bits per heavy atom. The molecule has 5 heteroatoms. The van der Waals surface area contributed by atoms with Crippen molar-refractivity contribution in [1.29, 1.82) is 0 Å². The number of anilines is 1. The van der Waals surface area contributed by atoms with Crippen LogP contribution in [0.2, 0.25) is 5.02 Å². The fourth-order valence-corrected chi connectivity index (χ4v) is 3.12. The summed E-state index contributed by atoms with van der Waals surface area (Å²) in [5.41, 5.74) is 2.75. The largest absolute Gasteiger partial charge is 0.493 e. The molecule has 122 valence electrons. The number of carbonyl (C=O) groups excluding carboxylic acids is 1. The highest BCUT2D eigenvalue weighted by Crippen LogP contribution is 2.27. The molecule has 2 aromatic carbocycles. The number of ether oxygens (including phenoxy) is 1. The molecule has 2 rings (SSSR count). The van der Waals surface area contributed by atoms with Crippen LogP contribution in [0.4, 0.5) is 5.69 Å². The van der Waals surface area contributed by atoms with Crippen LogP contribution in [0.3, 0.4) is 0 Å². The molecule has 0 aliphatic heterocycles. The molecule has 2 aromatic rings. The highest BCUT2D eigenvalue weighted by Gasteiger charge is 2.09. The SMILES string of the molecule is Cc1cc(C)c(NC(=O)CSCCOc2ccccc2)c(Cl)c1. The molecule has 0 aliphatic carbocycles. The molecule has 0 saturated carbocycles. The van der Waals surface area contributed by atoms with Crippen LogP contribution in [0.5, 0.6) is 5.75 Å². The molecule has 0 atom stereocenters. The van der Waals surface area contributed by atoms with Crippen molar-refractivity contribution in [2.75, 3.05) is 23.4 Å². The fourth-order valence-electron chi connectivity index (χ4n) is 2.15. The van der Waals surface area contributed by atoms with E-state index in [4.69, 9.17) is 16.3 Å². The van der Waals surface area contributed by atoms with Gasteiger partial charge >= 0.3 is 0 Å². The summed E-state index contributed by atoms with van der Waals surface area (Å²) in [5.74, 6) is 1.92. The zero-order chi connectivity index (χ0) is 16.7. The summed E-state index contributed by atoms with van der Waals surface area (Å²) >= 11 is 7.72. The Balaban J connectivity index is 1.71. The molecule has 0 bridgehead atoms. The van der Waals surface area contributed by atoms with Crippen molar-refractivity contribution < 1.29 is 9.53 Å². The zero-order valence-corrected chi connectivity index (χ0v) is 14.8. The second-order valence-corrected chi connectivity index (χ2v) is 6.71. The number of hydrogen-bond donors (Lipinski definition) is 1. The number of thioether (sulfide) groups is 1. The lowest BCUT2D eigenvalue weighted by Gasteiger charge is -2.11. The van der Waals surface area contributed by atoms with Crippen LogP contribution in [0.25, 0.3) is 0 Å². The second-order valence-electron chi connectivity index (χ2n) is 5.20. The lowest BCUT2D eigenvalue weighted by Crippen LogP contribution is -2.16. The molecule has 0 fully saturated rings. The van der Waals surface area contributed by atoms with E-state index in [9.17, 15) is 4.79 Å². The molecule has 0 aliphatic rings. The number of aryl methyl sites for hydroxylation is 2. The molecule has 0 radical (unpaired) electrons. The van der Waals surface area contributed by atoms with E-state index in [1.165, 1.54) is 11.8 Å². The third-order valence-electron chi connectivity index (χ3n) is 3.17. The topological polar surface area (TPSA) is 38.3 Å². The molecule has 0 unspecified atom stereocenters. The van der Waals surface area contributed by atoms with Crippen LogP contribution in [-0.2, 0) is 4.79 Å². The Morgan fingerprint density at radius 2 is 1.96 bits per heavy atom. The summed E-state index contributed by atoms with van der Waals surface area (Å²) in [6.45, 7) is 4.49. The standard InChI is InChI=1S/C18H20ClNO2S/c1-13-10-14(2)18(16(19)11-13)20-17(21)12-23-9-8-22-15-6-4-3-5-7-15/h3-7,10-11H,8-9,12H2,1-2H3,(H,20,21). The van der Waals surface area contributed by atoms with Crippen LogP contribution >= 0.6 is 23.4 Å². The van der Waals surface area contributed by atoms with E-state index in [2.05, 4.69) is 5.32 Å². The van der Waals surface area contributed by atoms with E-state index in [-0.39, 0.29) is 5.91 Å². The van der Waals surface area contributed by atoms with Crippen LogP contribution < -0.4 is 10.1 Å². The first-order chi connectivity index (χ1) is 11.1. The number of hydrogen-bond acceptors (Lipinski definition) is 3. The van der Waals surface area contributed by atoms with Crippen molar-refractivity contribution in [3.8, 4) is 5.75 Å². The Kier molecular flexibility index (Phi) is 6.81. The Labute approximate surface area is 146 Å². The van der Waals surface area contributed by atoms with Gasteiger partial charge in [-0.15, -0.1) is 11.8 Å². The zero-order valence-electron chi connectivity index (χ0n) is 13.3. The van der Waals surface area contributed by atoms with E-state index in [0.29, 0.717) is 23.1 Å². The molecule has 0 heterocycles. The lowest BCUT2D eigenvalue weighted by molar-refractivity contribution is -0.113. The maximum atomic E-state index is 12.0. The maximum absolute atomic E-state index is 12.0. The Morgan fingerprint density at radius 3 is 2.65 bits per heavy atom. The number of halogens is 1. The van der Waals surface area contributed by atoms with Crippen LogP contribution in [0.15, 0.2) is 42.5 Å². The van der Waals surface area contributed by atoms with E-state index < -0.39 is 0 Å². The molecule has 3 nitrogen and oxygen atoms in total. The molecular weight excluding hydrogens is 330 g/mol. The molecule has 1 N–H and O–H groups in total. The number of amides is 1. The second kappa shape index (κ2) is 8.85. The average Bonchev–Trinajstić information content (AvgIpc) is 2.51. The minimum absolute atomic E-state index is 0.0523.